The van der Waals surface area contributed by atoms with Gasteiger partial charge in [0, 0.05) is 22.2 Å². The molecule has 0 heterocycles. The molecule has 0 saturated carbocycles. The zero-order valence-electron chi connectivity index (χ0n) is 11.0. The molecule has 0 bridgehead atoms. The number of halogens is 2. The fraction of sp³-hybridized carbons (Fsp3) is 0.417. The maximum atomic E-state index is 11.5. The van der Waals surface area contributed by atoms with Gasteiger partial charge in [-0.15, -0.1) is 0 Å². The van der Waals surface area contributed by atoms with E-state index in [9.17, 15) is 13.2 Å². The first-order chi connectivity index (χ1) is 9.20. The molecule has 1 N–H and O–H groups in total. The van der Waals surface area contributed by atoms with Crippen molar-refractivity contribution in [2.75, 3.05) is 13.2 Å². The summed E-state index contributed by atoms with van der Waals surface area (Å²) in [6.45, 7) is 4.13. The van der Waals surface area contributed by atoms with E-state index in [1.54, 1.807) is 0 Å². The van der Waals surface area contributed by atoms with E-state index >= 15 is 0 Å². The summed E-state index contributed by atoms with van der Waals surface area (Å²) >= 11 is 5.71. The van der Waals surface area contributed by atoms with Crippen molar-refractivity contribution in [1.29, 1.82) is 0 Å². The maximum absolute atomic E-state index is 11.5. The van der Waals surface area contributed by atoms with Gasteiger partial charge in [-0.25, -0.2) is 8.42 Å². The highest BCUT2D eigenvalue weighted by Gasteiger charge is 2.18. The van der Waals surface area contributed by atoms with Crippen molar-refractivity contribution in [3.8, 4) is 5.75 Å². The zero-order chi connectivity index (χ0) is 15.3. The van der Waals surface area contributed by atoms with Crippen LogP contribution < -0.4 is 10.1 Å². The molecule has 0 atom stereocenters. The molecule has 112 valence electrons. The topological polar surface area (TPSA) is 72.5 Å². The fourth-order valence-electron chi connectivity index (χ4n) is 1.30. The fourth-order valence-corrected chi connectivity index (χ4v) is 2.54. The van der Waals surface area contributed by atoms with Crippen molar-refractivity contribution in [2.24, 2.45) is 5.92 Å². The molecule has 1 aromatic carbocycles. The van der Waals surface area contributed by atoms with Gasteiger partial charge in [-0.05, 0) is 24.1 Å². The third kappa shape index (κ3) is 5.56. The first kappa shape index (κ1) is 17.1. The van der Waals surface area contributed by atoms with Crippen LogP contribution in [-0.4, -0.2) is 27.5 Å². The van der Waals surface area contributed by atoms with Gasteiger partial charge in [0.25, 0.3) is 15.0 Å². The summed E-state index contributed by atoms with van der Waals surface area (Å²) in [5.74, 6) is -0.0380. The number of hydrogen-bond donors (Lipinski definition) is 1. The summed E-state index contributed by atoms with van der Waals surface area (Å²) in [5.41, 5.74) is 0. The van der Waals surface area contributed by atoms with Gasteiger partial charge in [0.15, 0.2) is 6.61 Å². The first-order valence-corrected chi connectivity index (χ1v) is 8.52. The Labute approximate surface area is 127 Å². The molecule has 0 spiro atoms. The molecule has 0 fully saturated rings. The van der Waals surface area contributed by atoms with E-state index in [0.717, 1.165) is 0 Å². The van der Waals surface area contributed by atoms with Crippen molar-refractivity contribution in [3.63, 3.8) is 0 Å². The van der Waals surface area contributed by atoms with Crippen LogP contribution in [0.1, 0.15) is 13.8 Å². The molecule has 1 rings (SSSR count). The van der Waals surface area contributed by atoms with Gasteiger partial charge in [-0.2, -0.15) is 0 Å². The molecular formula is C12H15Cl2NO4S. The largest absolute Gasteiger partial charge is 0.482 e. The van der Waals surface area contributed by atoms with E-state index < -0.39 is 9.05 Å². The second kappa shape index (κ2) is 7.15. The molecule has 0 aromatic heterocycles. The average Bonchev–Trinajstić information content (AvgIpc) is 2.33. The highest BCUT2D eigenvalue weighted by Crippen LogP contribution is 2.29. The molecule has 0 unspecified atom stereocenters. The van der Waals surface area contributed by atoms with E-state index in [2.05, 4.69) is 5.32 Å². The second-order valence-electron chi connectivity index (χ2n) is 4.52. The molecule has 5 nitrogen and oxygen atoms in total. The van der Waals surface area contributed by atoms with Crippen LogP contribution >= 0.6 is 22.3 Å². The smallest absolute Gasteiger partial charge is 0.265 e. The Morgan fingerprint density at radius 2 is 2.05 bits per heavy atom. The third-order valence-corrected chi connectivity index (χ3v) is 3.81. The number of carbonyl (C=O) groups is 1. The van der Waals surface area contributed by atoms with Gasteiger partial charge in [0.2, 0.25) is 0 Å². The standard InChI is InChI=1S/C12H15Cl2NO4S/c1-8(2)6-15-12(16)7-19-10-4-3-9(13)5-11(10)20(14,17)18/h3-5,8H,6-7H2,1-2H3,(H,15,16). The van der Waals surface area contributed by atoms with Crippen molar-refractivity contribution in [2.45, 2.75) is 18.7 Å². The van der Waals surface area contributed by atoms with Gasteiger partial charge in [-0.1, -0.05) is 25.4 Å². The second-order valence-corrected chi connectivity index (χ2v) is 7.49. The number of ether oxygens (including phenoxy) is 1. The van der Waals surface area contributed by atoms with E-state index in [1.165, 1.54) is 18.2 Å². The monoisotopic (exact) mass is 339 g/mol. The van der Waals surface area contributed by atoms with Crippen molar-refractivity contribution in [1.82, 2.24) is 5.32 Å². The van der Waals surface area contributed by atoms with Gasteiger partial charge < -0.3 is 10.1 Å². The minimum Gasteiger partial charge on any atom is -0.482 e. The molecule has 0 aliphatic rings. The van der Waals surface area contributed by atoms with E-state index in [1.807, 2.05) is 13.8 Å². The number of hydrogen-bond acceptors (Lipinski definition) is 4. The van der Waals surface area contributed by atoms with Gasteiger partial charge in [0.05, 0.1) is 0 Å². The summed E-state index contributed by atoms with van der Waals surface area (Å²) in [6.07, 6.45) is 0. The molecule has 8 heteroatoms. The van der Waals surface area contributed by atoms with Crippen LogP contribution in [0.2, 0.25) is 5.02 Å². The molecule has 1 aromatic rings. The van der Waals surface area contributed by atoms with Crippen LogP contribution in [0.25, 0.3) is 0 Å². The number of nitrogens with one attached hydrogen (secondary N) is 1. The molecule has 0 radical (unpaired) electrons. The quantitative estimate of drug-likeness (QED) is 0.808. The number of amides is 1. The van der Waals surface area contributed by atoms with Crippen LogP contribution in [0.3, 0.4) is 0 Å². The Morgan fingerprint density at radius 1 is 1.40 bits per heavy atom. The van der Waals surface area contributed by atoms with Crippen molar-refractivity contribution in [3.05, 3.63) is 23.2 Å². The Morgan fingerprint density at radius 3 is 2.60 bits per heavy atom. The van der Waals surface area contributed by atoms with Gasteiger partial charge in [0.1, 0.15) is 10.6 Å². The van der Waals surface area contributed by atoms with Crippen molar-refractivity contribution >= 4 is 37.2 Å². The highest BCUT2D eigenvalue weighted by molar-refractivity contribution is 8.13. The lowest BCUT2D eigenvalue weighted by molar-refractivity contribution is -0.123. The van der Waals surface area contributed by atoms with E-state index in [4.69, 9.17) is 27.0 Å². The maximum Gasteiger partial charge on any atom is 0.265 e. The molecule has 0 aliphatic carbocycles. The lowest BCUT2D eigenvalue weighted by atomic mass is 10.2. The third-order valence-electron chi connectivity index (χ3n) is 2.23. The summed E-state index contributed by atoms with van der Waals surface area (Å²) in [7, 11) is 1.29. The SMILES string of the molecule is CC(C)CNC(=O)COc1ccc(Cl)cc1S(=O)(=O)Cl. The number of benzene rings is 1. The van der Waals surface area contributed by atoms with Gasteiger partial charge >= 0.3 is 0 Å². The summed E-state index contributed by atoms with van der Waals surface area (Å²) in [5, 5.41) is 2.86. The predicted octanol–water partition coefficient (Wildman–Crippen LogP) is 2.42. The minimum atomic E-state index is -4.00. The highest BCUT2D eigenvalue weighted by atomic mass is 35.7. The van der Waals surface area contributed by atoms with Gasteiger partial charge in [-0.3, -0.25) is 4.79 Å². The number of carbonyl (C=O) groups excluding carboxylic acids is 1. The average molecular weight is 340 g/mol. The Kier molecular flexibility index (Phi) is 6.10. The Balaban J connectivity index is 2.76. The van der Waals surface area contributed by atoms with Crippen LogP contribution in [0.15, 0.2) is 23.1 Å². The summed E-state index contributed by atoms with van der Waals surface area (Å²) < 4.78 is 28.0. The molecule has 0 aliphatic heterocycles. The van der Waals surface area contributed by atoms with E-state index in [-0.39, 0.29) is 28.2 Å². The Bertz CT molecular complexity index is 587. The molecule has 20 heavy (non-hydrogen) atoms. The predicted molar refractivity (Wildman–Crippen MR) is 77.8 cm³/mol. The lowest BCUT2D eigenvalue weighted by Crippen LogP contribution is -2.31. The summed E-state index contributed by atoms with van der Waals surface area (Å²) in [6, 6.07) is 3.98. The number of rotatable bonds is 6. The van der Waals surface area contributed by atoms with Crippen molar-refractivity contribution < 1.29 is 17.9 Å². The van der Waals surface area contributed by atoms with Crippen LogP contribution in [0, 0.1) is 5.92 Å². The van der Waals surface area contributed by atoms with E-state index in [0.29, 0.717) is 12.5 Å². The molecule has 0 saturated heterocycles. The normalized spacial score (nSPS) is 11.4. The molecular weight excluding hydrogens is 325 g/mol. The van der Waals surface area contributed by atoms with Crippen LogP contribution in [-0.2, 0) is 13.8 Å². The Hall–Kier alpha value is -0.980. The first-order valence-electron chi connectivity index (χ1n) is 5.84. The van der Waals surface area contributed by atoms with Crippen LogP contribution in [0.4, 0.5) is 0 Å². The van der Waals surface area contributed by atoms with Crippen LogP contribution in [0.5, 0.6) is 5.75 Å². The zero-order valence-corrected chi connectivity index (χ0v) is 13.3. The lowest BCUT2D eigenvalue weighted by Gasteiger charge is -2.11. The minimum absolute atomic E-state index is 0.0101. The molecule has 1 amide bonds. The summed E-state index contributed by atoms with van der Waals surface area (Å²) in [4.78, 5) is 11.2.